The van der Waals surface area contributed by atoms with Gasteiger partial charge in [-0.05, 0) is 0 Å². The highest BCUT2D eigenvalue weighted by Crippen LogP contribution is 2.22. The Labute approximate surface area is 130 Å². The zero-order valence-corrected chi connectivity index (χ0v) is 11.9. The highest BCUT2D eigenvalue weighted by atomic mass is 16.8. The molecule has 0 spiro atoms. The molecule has 1 aromatic rings. The van der Waals surface area contributed by atoms with Crippen molar-refractivity contribution in [3.05, 3.63) is 24.4 Å². The SMILES string of the molecule is C=C(N)Nc1c(C(=N)ON)ncn1OC1OC(CO)C(O)C1O. The van der Waals surface area contributed by atoms with Gasteiger partial charge < -0.3 is 40.8 Å². The fraction of sp³-hybridized carbons (Fsp3) is 0.455. The van der Waals surface area contributed by atoms with Crippen molar-refractivity contribution in [2.45, 2.75) is 24.6 Å². The summed E-state index contributed by atoms with van der Waals surface area (Å²) in [6, 6.07) is 0. The van der Waals surface area contributed by atoms with E-state index in [1.54, 1.807) is 0 Å². The van der Waals surface area contributed by atoms with Gasteiger partial charge in [0.2, 0.25) is 0 Å². The van der Waals surface area contributed by atoms with Gasteiger partial charge in [0.25, 0.3) is 12.2 Å². The van der Waals surface area contributed by atoms with Crippen molar-refractivity contribution in [2.24, 2.45) is 11.6 Å². The van der Waals surface area contributed by atoms with Gasteiger partial charge in [0.15, 0.2) is 11.5 Å². The molecular weight excluding hydrogens is 312 g/mol. The highest BCUT2D eigenvalue weighted by molar-refractivity contribution is 5.94. The lowest BCUT2D eigenvalue weighted by Gasteiger charge is -2.18. The van der Waals surface area contributed by atoms with Crippen LogP contribution >= 0.6 is 0 Å². The second kappa shape index (κ2) is 6.80. The van der Waals surface area contributed by atoms with Crippen molar-refractivity contribution in [1.82, 2.24) is 9.71 Å². The molecule has 2 rings (SSSR count). The van der Waals surface area contributed by atoms with Gasteiger partial charge in [-0.25, -0.2) is 4.98 Å². The van der Waals surface area contributed by atoms with E-state index >= 15 is 0 Å². The molecular formula is C11H18N6O6. The van der Waals surface area contributed by atoms with Gasteiger partial charge in [-0.1, -0.05) is 6.58 Å². The Hall–Kier alpha value is -2.38. The van der Waals surface area contributed by atoms with Crippen LogP contribution in [0.3, 0.4) is 0 Å². The Kier molecular flexibility index (Phi) is 5.02. The number of hydrogen-bond acceptors (Lipinski definition) is 11. The normalized spacial score (nSPS) is 26.8. The molecule has 9 N–H and O–H groups in total. The largest absolute Gasteiger partial charge is 0.394 e. The first-order valence-corrected chi connectivity index (χ1v) is 6.43. The predicted molar refractivity (Wildman–Crippen MR) is 75.6 cm³/mol. The second-order valence-corrected chi connectivity index (χ2v) is 4.68. The average Bonchev–Trinajstić information content (AvgIpc) is 3.02. The zero-order chi connectivity index (χ0) is 17.1. The summed E-state index contributed by atoms with van der Waals surface area (Å²) in [4.78, 5) is 13.5. The van der Waals surface area contributed by atoms with Crippen LogP contribution in [0.5, 0.6) is 0 Å². The van der Waals surface area contributed by atoms with Gasteiger partial charge >= 0.3 is 0 Å². The van der Waals surface area contributed by atoms with E-state index < -0.39 is 37.1 Å². The van der Waals surface area contributed by atoms with Crippen LogP contribution in [0.2, 0.25) is 0 Å². The van der Waals surface area contributed by atoms with E-state index in [0.717, 1.165) is 11.1 Å². The number of nitrogens with one attached hydrogen (secondary N) is 2. The van der Waals surface area contributed by atoms with Crippen LogP contribution in [0.25, 0.3) is 0 Å². The Morgan fingerprint density at radius 3 is 2.74 bits per heavy atom. The fourth-order valence-corrected chi connectivity index (χ4v) is 1.97. The second-order valence-electron chi connectivity index (χ2n) is 4.68. The molecule has 12 heteroatoms. The van der Waals surface area contributed by atoms with Gasteiger partial charge in [-0.2, -0.15) is 10.6 Å². The summed E-state index contributed by atoms with van der Waals surface area (Å²) in [6.45, 7) is 2.96. The van der Waals surface area contributed by atoms with Gasteiger partial charge in [0.05, 0.1) is 12.4 Å². The van der Waals surface area contributed by atoms with E-state index in [-0.39, 0.29) is 17.3 Å². The third-order valence-electron chi connectivity index (χ3n) is 3.06. The van der Waals surface area contributed by atoms with E-state index in [1.165, 1.54) is 0 Å². The molecule has 4 unspecified atom stereocenters. The minimum Gasteiger partial charge on any atom is -0.394 e. The number of nitrogens with two attached hydrogens (primary N) is 2. The van der Waals surface area contributed by atoms with Crippen molar-refractivity contribution in [1.29, 1.82) is 5.41 Å². The van der Waals surface area contributed by atoms with Gasteiger partial charge in [0, 0.05) is 0 Å². The van der Waals surface area contributed by atoms with Crippen LogP contribution in [0.1, 0.15) is 5.69 Å². The topological polar surface area (TPSA) is 194 Å². The van der Waals surface area contributed by atoms with E-state index in [1.807, 2.05) is 0 Å². The number of ether oxygens (including phenoxy) is 1. The molecule has 0 saturated carbocycles. The standard InChI is InChI=1S/C11H18N6O6/c1-4(12)16-10-6(9(13)22-14)15-3-17(10)23-11-8(20)7(19)5(2-18)21-11/h3,5,7-8,11,13,16,18-20H,1-2,12,14H2. The summed E-state index contributed by atoms with van der Waals surface area (Å²) in [5, 5.41) is 38.8. The van der Waals surface area contributed by atoms with E-state index in [2.05, 4.69) is 21.7 Å². The monoisotopic (exact) mass is 330 g/mol. The lowest BCUT2D eigenvalue weighted by molar-refractivity contribution is -0.170. The first kappa shape index (κ1) is 17.0. The molecule has 12 nitrogen and oxygen atoms in total. The lowest BCUT2D eigenvalue weighted by Crippen LogP contribution is -2.38. The number of hydrogen-bond donors (Lipinski definition) is 7. The number of imidazole rings is 1. The van der Waals surface area contributed by atoms with Crippen LogP contribution in [0.15, 0.2) is 18.7 Å². The summed E-state index contributed by atoms with van der Waals surface area (Å²) in [7, 11) is 0. The Bertz CT molecular complexity index is 592. The van der Waals surface area contributed by atoms with E-state index in [9.17, 15) is 10.2 Å². The summed E-state index contributed by atoms with van der Waals surface area (Å²) in [5.74, 6) is 4.52. The maximum atomic E-state index is 9.86. The van der Waals surface area contributed by atoms with Crippen LogP contribution in [-0.4, -0.2) is 62.1 Å². The van der Waals surface area contributed by atoms with Crippen LogP contribution in [0, 0.1) is 5.41 Å². The van der Waals surface area contributed by atoms with Crippen LogP contribution in [0.4, 0.5) is 5.82 Å². The number of anilines is 1. The van der Waals surface area contributed by atoms with Crippen LogP contribution in [-0.2, 0) is 9.57 Å². The van der Waals surface area contributed by atoms with Crippen molar-refractivity contribution in [3.8, 4) is 0 Å². The minimum absolute atomic E-state index is 0.0163. The Morgan fingerprint density at radius 1 is 1.52 bits per heavy atom. The predicted octanol–water partition coefficient (Wildman–Crippen LogP) is -3.19. The Morgan fingerprint density at radius 2 is 2.22 bits per heavy atom. The molecule has 1 aliphatic rings. The van der Waals surface area contributed by atoms with Crippen molar-refractivity contribution in [2.75, 3.05) is 11.9 Å². The maximum Gasteiger partial charge on any atom is 0.260 e. The molecule has 0 bridgehead atoms. The minimum atomic E-state index is -1.41. The smallest absolute Gasteiger partial charge is 0.260 e. The summed E-state index contributed by atoms with van der Waals surface area (Å²) in [5.41, 5.74) is 5.43. The molecule has 4 atom stereocenters. The number of nitrogens with zero attached hydrogens (tertiary/aromatic N) is 2. The number of aliphatic hydroxyl groups is 3. The summed E-state index contributed by atoms with van der Waals surface area (Å²) < 4.78 is 6.18. The average molecular weight is 330 g/mol. The molecule has 0 amide bonds. The summed E-state index contributed by atoms with van der Waals surface area (Å²) in [6.07, 6.45) is -3.87. The third-order valence-corrected chi connectivity index (χ3v) is 3.06. The highest BCUT2D eigenvalue weighted by Gasteiger charge is 2.44. The molecule has 128 valence electrons. The van der Waals surface area contributed by atoms with Crippen molar-refractivity contribution in [3.63, 3.8) is 0 Å². The zero-order valence-electron chi connectivity index (χ0n) is 11.9. The molecule has 0 aliphatic carbocycles. The first-order valence-electron chi connectivity index (χ1n) is 6.43. The lowest BCUT2D eigenvalue weighted by atomic mass is 10.1. The van der Waals surface area contributed by atoms with Crippen LogP contribution < -0.4 is 21.8 Å². The van der Waals surface area contributed by atoms with Gasteiger partial charge in [-0.3, -0.25) is 5.41 Å². The Balaban J connectivity index is 2.24. The van der Waals surface area contributed by atoms with Gasteiger partial charge in [-0.15, -0.1) is 0 Å². The first-order chi connectivity index (χ1) is 10.9. The number of aliphatic hydroxyl groups excluding tert-OH is 3. The molecule has 1 saturated heterocycles. The molecule has 1 aliphatic heterocycles. The quantitative estimate of drug-likeness (QED) is 0.159. The number of aromatic nitrogens is 2. The fourth-order valence-electron chi connectivity index (χ4n) is 1.97. The molecule has 2 heterocycles. The maximum absolute atomic E-state index is 9.86. The summed E-state index contributed by atoms with van der Waals surface area (Å²) >= 11 is 0. The molecule has 23 heavy (non-hydrogen) atoms. The van der Waals surface area contributed by atoms with Crippen molar-refractivity contribution >= 4 is 11.7 Å². The molecule has 0 radical (unpaired) electrons. The van der Waals surface area contributed by atoms with Crippen molar-refractivity contribution < 1.29 is 29.7 Å². The molecule has 1 fully saturated rings. The number of rotatable bonds is 6. The van der Waals surface area contributed by atoms with E-state index in [0.29, 0.717) is 0 Å². The third kappa shape index (κ3) is 3.35. The molecule has 0 aromatic carbocycles. The van der Waals surface area contributed by atoms with E-state index in [4.69, 9.17) is 31.7 Å². The van der Waals surface area contributed by atoms with Gasteiger partial charge in [0.1, 0.15) is 24.6 Å². The molecule has 1 aromatic heterocycles.